The Morgan fingerprint density at radius 2 is 1.55 bits per heavy atom. The van der Waals surface area contributed by atoms with Crippen LogP contribution in [0.4, 0.5) is 0 Å². The molecule has 1 heterocycles. The van der Waals surface area contributed by atoms with Gasteiger partial charge in [0.1, 0.15) is 0 Å². The normalized spacial score (nSPS) is 20.6. The second-order valence-electron chi connectivity index (χ2n) is 6.31. The Morgan fingerprint density at radius 1 is 0.955 bits per heavy atom. The molecule has 2 aliphatic rings. The lowest BCUT2D eigenvalue weighted by Crippen LogP contribution is -2.41. The highest BCUT2D eigenvalue weighted by molar-refractivity contribution is 5.81. The number of fused-ring (bicyclic) bond motifs is 2. The number of aliphatic hydroxyl groups is 1. The fourth-order valence-corrected chi connectivity index (χ4v) is 3.74. The predicted molar refractivity (Wildman–Crippen MR) is 84.2 cm³/mol. The number of carbonyl (C=O) groups is 1. The first-order chi connectivity index (χ1) is 10.7. The number of carbonyl (C=O) groups excluding carboxylic acids is 1. The zero-order valence-electron chi connectivity index (χ0n) is 12.4. The van der Waals surface area contributed by atoms with Crippen molar-refractivity contribution in [2.24, 2.45) is 5.92 Å². The summed E-state index contributed by atoms with van der Waals surface area (Å²) in [5, 5.41) is 10.3. The number of hydrogen-bond donors (Lipinski definition) is 1. The molecule has 22 heavy (non-hydrogen) atoms. The van der Waals surface area contributed by atoms with Crippen molar-refractivity contribution in [3.05, 3.63) is 70.8 Å². The molecular formula is C19H19NO2. The summed E-state index contributed by atoms with van der Waals surface area (Å²) in [7, 11) is 0. The number of nitrogens with zero attached hydrogens (tertiary/aromatic N) is 1. The maximum atomic E-state index is 12.8. The van der Waals surface area contributed by atoms with E-state index in [0.29, 0.717) is 13.1 Å². The number of rotatable bonds is 1. The molecule has 3 nitrogen and oxygen atoms in total. The molecule has 0 spiro atoms. The average Bonchev–Trinajstić information content (AvgIpc) is 2.98. The molecule has 0 bridgehead atoms. The van der Waals surface area contributed by atoms with E-state index in [9.17, 15) is 9.90 Å². The molecule has 0 radical (unpaired) electrons. The Balaban J connectivity index is 1.53. The second kappa shape index (κ2) is 5.25. The number of β-amino-alcohol motifs (C(OH)–C–C–N with tert-alkyl or cyclic N) is 1. The van der Waals surface area contributed by atoms with Crippen LogP contribution < -0.4 is 0 Å². The minimum Gasteiger partial charge on any atom is -0.387 e. The second-order valence-corrected chi connectivity index (χ2v) is 6.31. The molecule has 2 aromatic carbocycles. The van der Waals surface area contributed by atoms with Crippen molar-refractivity contribution in [1.29, 1.82) is 0 Å². The van der Waals surface area contributed by atoms with Gasteiger partial charge in [-0.2, -0.15) is 0 Å². The Kier molecular flexibility index (Phi) is 3.23. The molecule has 0 fully saturated rings. The molecule has 0 unspecified atom stereocenters. The van der Waals surface area contributed by atoms with Crippen molar-refractivity contribution in [1.82, 2.24) is 4.90 Å². The van der Waals surface area contributed by atoms with E-state index in [1.807, 2.05) is 41.3 Å². The van der Waals surface area contributed by atoms with Crippen LogP contribution in [-0.2, 0) is 24.2 Å². The highest BCUT2D eigenvalue weighted by atomic mass is 16.3. The third kappa shape index (κ3) is 2.22. The van der Waals surface area contributed by atoms with Gasteiger partial charge in [-0.1, -0.05) is 48.5 Å². The molecule has 1 amide bonds. The first-order valence-corrected chi connectivity index (χ1v) is 7.84. The van der Waals surface area contributed by atoms with Crippen LogP contribution in [0.1, 0.15) is 28.4 Å². The van der Waals surface area contributed by atoms with Crippen LogP contribution in [0.25, 0.3) is 0 Å². The van der Waals surface area contributed by atoms with Gasteiger partial charge in [0.05, 0.1) is 12.6 Å². The maximum absolute atomic E-state index is 12.8. The molecule has 0 saturated heterocycles. The van der Waals surface area contributed by atoms with E-state index >= 15 is 0 Å². The maximum Gasteiger partial charge on any atom is 0.226 e. The SMILES string of the molecule is O=C(C1Cc2ccccc2C1)N1Cc2ccccc2[C@@H](O)C1. The fraction of sp³-hybridized carbons (Fsp3) is 0.316. The summed E-state index contributed by atoms with van der Waals surface area (Å²) in [4.78, 5) is 14.7. The third-order valence-corrected chi connectivity index (χ3v) is 4.88. The van der Waals surface area contributed by atoms with Gasteiger partial charge < -0.3 is 10.0 Å². The van der Waals surface area contributed by atoms with E-state index in [4.69, 9.17) is 0 Å². The molecule has 1 aliphatic carbocycles. The van der Waals surface area contributed by atoms with Gasteiger partial charge in [0.2, 0.25) is 5.91 Å². The van der Waals surface area contributed by atoms with Gasteiger partial charge in [0.15, 0.2) is 0 Å². The van der Waals surface area contributed by atoms with Crippen molar-refractivity contribution in [3.63, 3.8) is 0 Å². The van der Waals surface area contributed by atoms with Gasteiger partial charge in [-0.15, -0.1) is 0 Å². The quantitative estimate of drug-likeness (QED) is 0.877. The Labute approximate surface area is 130 Å². The van der Waals surface area contributed by atoms with Crippen molar-refractivity contribution >= 4 is 5.91 Å². The molecule has 1 atom stereocenters. The van der Waals surface area contributed by atoms with E-state index in [1.165, 1.54) is 11.1 Å². The lowest BCUT2D eigenvalue weighted by atomic mass is 9.95. The van der Waals surface area contributed by atoms with Crippen molar-refractivity contribution < 1.29 is 9.90 Å². The average molecular weight is 293 g/mol. The standard InChI is InChI=1S/C19H19NO2/c21-18-12-20(11-15-7-3-4-8-17(15)18)19(22)16-9-13-5-1-2-6-14(13)10-16/h1-8,16,18,21H,9-12H2/t18-/m0/s1. The first-order valence-electron chi connectivity index (χ1n) is 7.84. The van der Waals surface area contributed by atoms with Crippen LogP contribution in [0.5, 0.6) is 0 Å². The van der Waals surface area contributed by atoms with E-state index < -0.39 is 6.10 Å². The molecule has 4 rings (SSSR count). The van der Waals surface area contributed by atoms with E-state index in [1.54, 1.807) is 0 Å². The van der Waals surface area contributed by atoms with Gasteiger partial charge in [-0.25, -0.2) is 0 Å². The summed E-state index contributed by atoms with van der Waals surface area (Å²) < 4.78 is 0. The summed E-state index contributed by atoms with van der Waals surface area (Å²) in [5.41, 5.74) is 4.60. The van der Waals surface area contributed by atoms with Crippen molar-refractivity contribution in [2.75, 3.05) is 6.54 Å². The summed E-state index contributed by atoms with van der Waals surface area (Å²) in [6.45, 7) is 1.02. The van der Waals surface area contributed by atoms with Gasteiger partial charge in [0.25, 0.3) is 0 Å². The summed E-state index contributed by atoms with van der Waals surface area (Å²) in [5.74, 6) is 0.194. The molecule has 112 valence electrons. The van der Waals surface area contributed by atoms with Gasteiger partial charge in [-0.3, -0.25) is 4.79 Å². The largest absolute Gasteiger partial charge is 0.387 e. The van der Waals surface area contributed by atoms with Crippen LogP contribution in [0.2, 0.25) is 0 Å². The molecule has 0 aromatic heterocycles. The van der Waals surface area contributed by atoms with Crippen molar-refractivity contribution in [3.8, 4) is 0 Å². The van der Waals surface area contributed by atoms with Crippen LogP contribution in [0, 0.1) is 5.92 Å². The molecule has 2 aromatic rings. The monoisotopic (exact) mass is 293 g/mol. The third-order valence-electron chi connectivity index (χ3n) is 4.88. The number of benzene rings is 2. The van der Waals surface area contributed by atoms with Crippen molar-refractivity contribution in [2.45, 2.75) is 25.5 Å². The molecular weight excluding hydrogens is 274 g/mol. The molecule has 0 saturated carbocycles. The lowest BCUT2D eigenvalue weighted by Gasteiger charge is -2.33. The van der Waals surface area contributed by atoms with E-state index in [2.05, 4.69) is 12.1 Å². The number of aliphatic hydroxyl groups excluding tert-OH is 1. The topological polar surface area (TPSA) is 40.5 Å². The predicted octanol–water partition coefficient (Wildman–Crippen LogP) is 2.48. The molecule has 1 aliphatic heterocycles. The van der Waals surface area contributed by atoms with E-state index in [-0.39, 0.29) is 11.8 Å². The minimum atomic E-state index is -0.572. The lowest BCUT2D eigenvalue weighted by molar-refractivity contribution is -0.138. The zero-order chi connectivity index (χ0) is 15.1. The van der Waals surface area contributed by atoms with Crippen LogP contribution in [0.15, 0.2) is 48.5 Å². The zero-order valence-corrected chi connectivity index (χ0v) is 12.4. The number of hydrogen-bond acceptors (Lipinski definition) is 2. The fourth-order valence-electron chi connectivity index (χ4n) is 3.74. The Bertz CT molecular complexity index is 700. The van der Waals surface area contributed by atoms with Gasteiger partial charge >= 0.3 is 0 Å². The van der Waals surface area contributed by atoms with Crippen LogP contribution in [-0.4, -0.2) is 22.5 Å². The van der Waals surface area contributed by atoms with Gasteiger partial charge in [-0.05, 0) is 35.1 Å². The van der Waals surface area contributed by atoms with Gasteiger partial charge in [0, 0.05) is 12.5 Å². The summed E-state index contributed by atoms with van der Waals surface area (Å²) in [6, 6.07) is 16.2. The minimum absolute atomic E-state index is 0.0230. The highest BCUT2D eigenvalue weighted by Gasteiger charge is 2.33. The summed E-state index contributed by atoms with van der Waals surface area (Å²) in [6.07, 6.45) is 1.07. The smallest absolute Gasteiger partial charge is 0.226 e. The Hall–Kier alpha value is -2.13. The first kappa shape index (κ1) is 13.5. The van der Waals surface area contributed by atoms with Crippen LogP contribution in [0.3, 0.4) is 0 Å². The molecule has 1 N–H and O–H groups in total. The summed E-state index contributed by atoms with van der Waals surface area (Å²) >= 11 is 0. The Morgan fingerprint density at radius 3 is 2.23 bits per heavy atom. The van der Waals surface area contributed by atoms with E-state index in [0.717, 1.165) is 24.0 Å². The van der Waals surface area contributed by atoms with Crippen LogP contribution >= 0.6 is 0 Å². The molecule has 3 heteroatoms. The number of amides is 1. The highest BCUT2D eigenvalue weighted by Crippen LogP contribution is 2.31.